The summed E-state index contributed by atoms with van der Waals surface area (Å²) in [5, 5.41) is 13.7. The van der Waals surface area contributed by atoms with Crippen molar-refractivity contribution in [3.63, 3.8) is 0 Å². The lowest BCUT2D eigenvalue weighted by molar-refractivity contribution is 0.104. The molecule has 0 radical (unpaired) electrons. The fourth-order valence-electron chi connectivity index (χ4n) is 2.69. The van der Waals surface area contributed by atoms with Crippen LogP contribution < -0.4 is 5.32 Å². The van der Waals surface area contributed by atoms with Crippen molar-refractivity contribution in [3.8, 4) is 0 Å². The Morgan fingerprint density at radius 3 is 2.62 bits per heavy atom. The highest BCUT2D eigenvalue weighted by molar-refractivity contribution is 6.30. The highest BCUT2D eigenvalue weighted by Crippen LogP contribution is 2.28. The summed E-state index contributed by atoms with van der Waals surface area (Å²) in [4.78, 5) is 9.02. The number of aromatic nitrogens is 2. The minimum absolute atomic E-state index is 0.130. The van der Waals surface area contributed by atoms with Gasteiger partial charge in [-0.25, -0.2) is 9.97 Å². The van der Waals surface area contributed by atoms with E-state index in [-0.39, 0.29) is 11.5 Å². The molecule has 0 bridgehead atoms. The molecule has 0 saturated heterocycles. The van der Waals surface area contributed by atoms with Crippen LogP contribution in [0.1, 0.15) is 57.8 Å². The van der Waals surface area contributed by atoms with Crippen LogP contribution in [0.15, 0.2) is 0 Å². The lowest BCUT2D eigenvalue weighted by atomic mass is 9.87. The number of nitrogens with zero attached hydrogens (tertiary/aromatic N) is 2. The number of hydrogen-bond acceptors (Lipinski definition) is 4. The van der Waals surface area contributed by atoms with E-state index in [1.54, 1.807) is 0 Å². The van der Waals surface area contributed by atoms with Crippen molar-refractivity contribution < 1.29 is 5.11 Å². The van der Waals surface area contributed by atoms with E-state index >= 15 is 0 Å². The summed E-state index contributed by atoms with van der Waals surface area (Å²) in [5.41, 5.74) is 0.760. The van der Waals surface area contributed by atoms with E-state index in [1.165, 1.54) is 0 Å². The van der Waals surface area contributed by atoms with Crippen molar-refractivity contribution in [3.05, 3.63) is 16.5 Å². The van der Waals surface area contributed by atoms with E-state index in [1.807, 2.05) is 6.92 Å². The van der Waals surface area contributed by atoms with Gasteiger partial charge in [-0.2, -0.15) is 0 Å². The number of rotatable bonds is 3. The molecule has 1 aromatic rings. The van der Waals surface area contributed by atoms with Gasteiger partial charge in [0.25, 0.3) is 0 Å². The summed E-state index contributed by atoms with van der Waals surface area (Å²) in [5.74, 6) is 2.07. The Balaban J connectivity index is 2.10. The van der Waals surface area contributed by atoms with Crippen LogP contribution in [0, 0.1) is 12.8 Å². The number of nitrogens with one attached hydrogen (secondary N) is 1. The number of aliphatic hydroxyl groups excluding tert-OH is 1. The SMILES string of the molecule is Cc1c(Cl)nc(C(C)(C)C)nc1NCC1CCCC(O)C1. The van der Waals surface area contributed by atoms with Crippen LogP contribution in [-0.4, -0.2) is 27.7 Å². The highest BCUT2D eigenvalue weighted by Gasteiger charge is 2.23. The summed E-state index contributed by atoms with van der Waals surface area (Å²) in [6.45, 7) is 9.00. The molecule has 1 aliphatic carbocycles. The molecule has 1 aromatic heterocycles. The van der Waals surface area contributed by atoms with Gasteiger partial charge in [0.05, 0.1) is 6.10 Å². The molecule has 0 aliphatic heterocycles. The second-order valence-corrected chi connectivity index (χ2v) is 7.49. The Bertz CT molecular complexity index is 499. The van der Waals surface area contributed by atoms with Crippen molar-refractivity contribution >= 4 is 17.4 Å². The highest BCUT2D eigenvalue weighted by atomic mass is 35.5. The number of halogens is 1. The predicted octanol–water partition coefficient (Wildman–Crippen LogP) is 3.70. The quantitative estimate of drug-likeness (QED) is 0.836. The molecule has 0 spiro atoms. The van der Waals surface area contributed by atoms with Crippen LogP contribution >= 0.6 is 11.6 Å². The predicted molar refractivity (Wildman–Crippen MR) is 86.9 cm³/mol. The first-order valence-electron chi connectivity index (χ1n) is 7.74. The summed E-state index contributed by atoms with van der Waals surface area (Å²) in [6.07, 6.45) is 3.92. The van der Waals surface area contributed by atoms with Crippen LogP contribution in [0.25, 0.3) is 0 Å². The van der Waals surface area contributed by atoms with E-state index in [0.29, 0.717) is 11.1 Å². The minimum atomic E-state index is -0.147. The topological polar surface area (TPSA) is 58.0 Å². The van der Waals surface area contributed by atoms with Crippen molar-refractivity contribution in [2.75, 3.05) is 11.9 Å². The van der Waals surface area contributed by atoms with Crippen molar-refractivity contribution in [2.24, 2.45) is 5.92 Å². The monoisotopic (exact) mass is 311 g/mol. The van der Waals surface area contributed by atoms with Gasteiger partial charge in [-0.3, -0.25) is 0 Å². The third-order valence-corrected chi connectivity index (χ3v) is 4.44. The van der Waals surface area contributed by atoms with Gasteiger partial charge in [-0.05, 0) is 32.1 Å². The molecule has 118 valence electrons. The van der Waals surface area contributed by atoms with Gasteiger partial charge in [0.2, 0.25) is 0 Å². The van der Waals surface area contributed by atoms with Crippen LogP contribution in [0.3, 0.4) is 0 Å². The number of hydrogen-bond donors (Lipinski definition) is 2. The normalized spacial score (nSPS) is 23.1. The molecular weight excluding hydrogens is 286 g/mol. The lowest BCUT2D eigenvalue weighted by Crippen LogP contribution is -2.26. The molecule has 21 heavy (non-hydrogen) atoms. The fourth-order valence-corrected chi connectivity index (χ4v) is 2.86. The van der Waals surface area contributed by atoms with Gasteiger partial charge >= 0.3 is 0 Å². The second-order valence-electron chi connectivity index (χ2n) is 7.13. The largest absolute Gasteiger partial charge is 0.393 e. The lowest BCUT2D eigenvalue weighted by Gasteiger charge is -2.26. The molecule has 1 aliphatic rings. The molecule has 2 N–H and O–H groups in total. The van der Waals surface area contributed by atoms with Gasteiger partial charge < -0.3 is 10.4 Å². The standard InChI is InChI=1S/C16H26ClN3O/c1-10-13(17)19-15(16(2,3)4)20-14(10)18-9-11-6-5-7-12(21)8-11/h11-12,21H,5-9H2,1-4H3,(H,18,19,20). The first-order valence-corrected chi connectivity index (χ1v) is 8.11. The molecule has 2 unspecified atom stereocenters. The summed E-state index contributed by atoms with van der Waals surface area (Å²) >= 11 is 6.24. The molecule has 1 fully saturated rings. The Kier molecular flexibility index (Phi) is 5.10. The van der Waals surface area contributed by atoms with E-state index in [0.717, 1.165) is 49.4 Å². The molecule has 0 amide bonds. The van der Waals surface area contributed by atoms with Crippen LogP contribution in [0.5, 0.6) is 0 Å². The number of anilines is 1. The number of aliphatic hydroxyl groups is 1. The first kappa shape index (κ1) is 16.5. The van der Waals surface area contributed by atoms with Crippen LogP contribution in [-0.2, 0) is 5.41 Å². The Hall–Kier alpha value is -0.870. The molecule has 2 rings (SSSR count). The Labute approximate surface area is 132 Å². The van der Waals surface area contributed by atoms with Crippen molar-refractivity contribution in [2.45, 2.75) is 64.9 Å². The molecule has 0 aromatic carbocycles. The Morgan fingerprint density at radius 1 is 1.29 bits per heavy atom. The van der Waals surface area contributed by atoms with Crippen LogP contribution in [0.4, 0.5) is 5.82 Å². The van der Waals surface area contributed by atoms with E-state index in [4.69, 9.17) is 11.6 Å². The zero-order valence-electron chi connectivity index (χ0n) is 13.4. The van der Waals surface area contributed by atoms with E-state index in [2.05, 4.69) is 36.1 Å². The molecule has 4 nitrogen and oxygen atoms in total. The zero-order chi connectivity index (χ0) is 15.6. The zero-order valence-corrected chi connectivity index (χ0v) is 14.2. The maximum atomic E-state index is 9.75. The maximum Gasteiger partial charge on any atom is 0.137 e. The molecule has 1 heterocycles. The van der Waals surface area contributed by atoms with Crippen LogP contribution in [0.2, 0.25) is 5.15 Å². The average Bonchev–Trinajstić information content (AvgIpc) is 2.39. The Morgan fingerprint density at radius 2 is 2.00 bits per heavy atom. The van der Waals surface area contributed by atoms with Crippen molar-refractivity contribution in [1.82, 2.24) is 9.97 Å². The van der Waals surface area contributed by atoms with E-state index in [9.17, 15) is 5.11 Å². The fraction of sp³-hybridized carbons (Fsp3) is 0.750. The first-order chi connectivity index (χ1) is 9.77. The third-order valence-electron chi connectivity index (χ3n) is 4.07. The average molecular weight is 312 g/mol. The summed E-state index contributed by atoms with van der Waals surface area (Å²) < 4.78 is 0. The maximum absolute atomic E-state index is 9.75. The molecule has 5 heteroatoms. The smallest absolute Gasteiger partial charge is 0.137 e. The van der Waals surface area contributed by atoms with Gasteiger partial charge in [-0.1, -0.05) is 38.8 Å². The summed E-state index contributed by atoms with van der Waals surface area (Å²) in [6, 6.07) is 0. The van der Waals surface area contributed by atoms with E-state index < -0.39 is 0 Å². The van der Waals surface area contributed by atoms with Gasteiger partial charge in [-0.15, -0.1) is 0 Å². The second kappa shape index (κ2) is 6.49. The van der Waals surface area contributed by atoms with Gasteiger partial charge in [0.15, 0.2) is 0 Å². The third kappa shape index (κ3) is 4.30. The molecule has 1 saturated carbocycles. The minimum Gasteiger partial charge on any atom is -0.393 e. The molecule has 2 atom stereocenters. The van der Waals surface area contributed by atoms with Gasteiger partial charge in [0, 0.05) is 17.5 Å². The summed E-state index contributed by atoms with van der Waals surface area (Å²) in [7, 11) is 0. The van der Waals surface area contributed by atoms with Crippen molar-refractivity contribution in [1.29, 1.82) is 0 Å². The van der Waals surface area contributed by atoms with Gasteiger partial charge in [0.1, 0.15) is 16.8 Å². The molecular formula is C16H26ClN3O.